The maximum atomic E-state index is 12.8. The van der Waals surface area contributed by atoms with Gasteiger partial charge in [0.1, 0.15) is 22.7 Å². The number of fused-ring (bicyclic) bond motifs is 1. The van der Waals surface area contributed by atoms with Crippen molar-refractivity contribution in [2.24, 2.45) is 0 Å². The number of carbonyl (C=O) groups excluding carboxylic acids is 2. The van der Waals surface area contributed by atoms with Gasteiger partial charge in [-0.2, -0.15) is 4.31 Å². The van der Waals surface area contributed by atoms with Crippen molar-refractivity contribution in [3.63, 3.8) is 0 Å². The van der Waals surface area contributed by atoms with Crippen LogP contribution in [-0.2, 0) is 19.6 Å². The number of sulfonamides is 1. The molecule has 0 radical (unpaired) electrons. The zero-order valence-electron chi connectivity index (χ0n) is 19.0. The fourth-order valence-corrected chi connectivity index (χ4v) is 5.47. The Morgan fingerprint density at radius 2 is 1.88 bits per heavy atom. The Hall–Kier alpha value is -3.37. The van der Waals surface area contributed by atoms with Crippen LogP contribution in [0.2, 0.25) is 0 Å². The number of aryl methyl sites for hydroxylation is 1. The summed E-state index contributed by atoms with van der Waals surface area (Å²) in [5.41, 5.74) is 1.19. The Bertz CT molecular complexity index is 1320. The van der Waals surface area contributed by atoms with E-state index in [1.807, 2.05) is 0 Å². The molecule has 4 rings (SSSR count). The summed E-state index contributed by atoms with van der Waals surface area (Å²) in [5.74, 6) is -0.131. The number of nitrogens with zero attached hydrogens (tertiary/aromatic N) is 1. The summed E-state index contributed by atoms with van der Waals surface area (Å²) in [5, 5.41) is 3.20. The van der Waals surface area contributed by atoms with Crippen molar-refractivity contribution in [1.82, 2.24) is 4.31 Å². The lowest BCUT2D eigenvalue weighted by Gasteiger charge is -2.16. The van der Waals surface area contributed by atoms with E-state index in [1.165, 1.54) is 16.4 Å². The number of rotatable bonds is 8. The van der Waals surface area contributed by atoms with E-state index in [-0.39, 0.29) is 18.1 Å². The molecule has 2 aromatic carbocycles. The highest BCUT2D eigenvalue weighted by atomic mass is 32.2. The molecule has 1 amide bonds. The Morgan fingerprint density at radius 1 is 1.12 bits per heavy atom. The monoisotopic (exact) mass is 486 g/mol. The summed E-state index contributed by atoms with van der Waals surface area (Å²) >= 11 is 0. The maximum absolute atomic E-state index is 12.8. The molecule has 0 atom stereocenters. The summed E-state index contributed by atoms with van der Waals surface area (Å²) in [4.78, 5) is 24.9. The van der Waals surface area contributed by atoms with Gasteiger partial charge in [-0.3, -0.25) is 4.79 Å². The highest BCUT2D eigenvalue weighted by Gasteiger charge is 2.27. The fraction of sp³-hybridized carbons (Fsp3) is 0.333. The molecule has 0 saturated carbocycles. The molecule has 1 aliphatic rings. The largest absolute Gasteiger partial charge is 0.484 e. The lowest BCUT2D eigenvalue weighted by Crippen LogP contribution is -2.28. The summed E-state index contributed by atoms with van der Waals surface area (Å²) in [6.07, 6.45) is 1.69. The van der Waals surface area contributed by atoms with E-state index < -0.39 is 21.9 Å². The van der Waals surface area contributed by atoms with E-state index in [9.17, 15) is 18.0 Å². The van der Waals surface area contributed by atoms with Gasteiger partial charge in [-0.05, 0) is 63.1 Å². The van der Waals surface area contributed by atoms with Crippen LogP contribution in [-0.4, -0.2) is 50.9 Å². The van der Waals surface area contributed by atoms with Crippen molar-refractivity contribution < 1.29 is 31.9 Å². The van der Waals surface area contributed by atoms with Crippen molar-refractivity contribution in [2.45, 2.75) is 31.6 Å². The van der Waals surface area contributed by atoms with Crippen LogP contribution in [0.4, 0.5) is 5.69 Å². The number of esters is 1. The minimum atomic E-state index is -3.58. The van der Waals surface area contributed by atoms with Gasteiger partial charge < -0.3 is 19.2 Å². The normalized spacial score (nSPS) is 14.3. The average Bonchev–Trinajstić information content (AvgIpc) is 3.46. The lowest BCUT2D eigenvalue weighted by molar-refractivity contribution is -0.118. The van der Waals surface area contributed by atoms with Crippen molar-refractivity contribution in [2.75, 3.05) is 31.6 Å². The SMILES string of the molecule is CCOC(=O)c1c(C)oc2ccc(OCC(=O)Nc3cccc(S(=O)(=O)N4CCCC4)c3)cc12. The van der Waals surface area contributed by atoms with Gasteiger partial charge in [0.15, 0.2) is 6.61 Å². The second-order valence-corrected chi connectivity index (χ2v) is 9.83. The van der Waals surface area contributed by atoms with Gasteiger partial charge in [0, 0.05) is 24.2 Å². The first kappa shape index (κ1) is 23.8. The first-order chi connectivity index (χ1) is 16.3. The van der Waals surface area contributed by atoms with Crippen molar-refractivity contribution in [3.05, 3.63) is 53.8 Å². The zero-order valence-corrected chi connectivity index (χ0v) is 19.8. The summed E-state index contributed by atoms with van der Waals surface area (Å²) < 4.78 is 43.3. The number of ether oxygens (including phenoxy) is 2. The van der Waals surface area contributed by atoms with Gasteiger partial charge in [-0.1, -0.05) is 6.07 Å². The average molecular weight is 487 g/mol. The van der Waals surface area contributed by atoms with Gasteiger partial charge in [0.2, 0.25) is 10.0 Å². The third-order valence-corrected chi connectivity index (χ3v) is 7.40. The van der Waals surface area contributed by atoms with Crippen LogP contribution in [0.25, 0.3) is 11.0 Å². The zero-order chi connectivity index (χ0) is 24.3. The number of benzene rings is 2. The van der Waals surface area contributed by atoms with Gasteiger partial charge in [-0.15, -0.1) is 0 Å². The number of nitrogens with one attached hydrogen (secondary N) is 1. The molecule has 3 aromatic rings. The Balaban J connectivity index is 1.43. The molecule has 0 aliphatic carbocycles. The van der Waals surface area contributed by atoms with Crippen LogP contribution < -0.4 is 10.1 Å². The highest BCUT2D eigenvalue weighted by molar-refractivity contribution is 7.89. The molecule has 1 aromatic heterocycles. The first-order valence-corrected chi connectivity index (χ1v) is 12.5. The van der Waals surface area contributed by atoms with Crippen molar-refractivity contribution >= 4 is 38.6 Å². The molecule has 180 valence electrons. The first-order valence-electron chi connectivity index (χ1n) is 11.0. The lowest BCUT2D eigenvalue weighted by atomic mass is 10.1. The Labute approximate surface area is 197 Å². The van der Waals surface area contributed by atoms with E-state index in [4.69, 9.17) is 13.9 Å². The van der Waals surface area contributed by atoms with Crippen molar-refractivity contribution in [3.8, 4) is 5.75 Å². The van der Waals surface area contributed by atoms with Gasteiger partial charge >= 0.3 is 5.97 Å². The third kappa shape index (κ3) is 4.92. The van der Waals surface area contributed by atoms with Crippen LogP contribution in [0.15, 0.2) is 51.8 Å². The standard InChI is InChI=1S/C24H26N2O7S/c1-3-31-24(28)23-16(2)33-21-10-9-18(14-20(21)23)32-15-22(27)25-17-7-6-8-19(13-17)34(29,30)26-11-4-5-12-26/h6-10,13-14H,3-5,11-12,15H2,1-2H3,(H,25,27). The van der Waals surface area contributed by atoms with E-state index in [0.29, 0.717) is 46.8 Å². The van der Waals surface area contributed by atoms with Crippen LogP contribution >= 0.6 is 0 Å². The predicted molar refractivity (Wildman–Crippen MR) is 125 cm³/mol. The minimum absolute atomic E-state index is 0.139. The molecular weight excluding hydrogens is 460 g/mol. The topological polar surface area (TPSA) is 115 Å². The van der Waals surface area contributed by atoms with Crippen LogP contribution in [0.5, 0.6) is 5.75 Å². The smallest absolute Gasteiger partial charge is 0.342 e. The third-order valence-electron chi connectivity index (χ3n) is 5.51. The summed E-state index contributed by atoms with van der Waals surface area (Å²) in [6.45, 7) is 4.34. The molecule has 0 unspecified atom stereocenters. The second kappa shape index (κ2) is 9.86. The van der Waals surface area contributed by atoms with E-state index in [0.717, 1.165) is 12.8 Å². The predicted octanol–water partition coefficient (Wildman–Crippen LogP) is 3.72. The number of hydrogen-bond acceptors (Lipinski definition) is 7. The summed E-state index contributed by atoms with van der Waals surface area (Å²) in [6, 6.07) is 11.1. The van der Waals surface area contributed by atoms with Gasteiger partial charge in [0.25, 0.3) is 5.91 Å². The summed E-state index contributed by atoms with van der Waals surface area (Å²) in [7, 11) is -3.58. The number of carbonyl (C=O) groups is 2. The maximum Gasteiger partial charge on any atom is 0.342 e. The Morgan fingerprint density at radius 3 is 2.62 bits per heavy atom. The minimum Gasteiger partial charge on any atom is -0.484 e. The van der Waals surface area contributed by atoms with Gasteiger partial charge in [0.05, 0.1) is 11.5 Å². The molecule has 0 bridgehead atoms. The molecule has 1 aliphatic heterocycles. The van der Waals surface area contributed by atoms with Crippen LogP contribution in [0.1, 0.15) is 35.9 Å². The molecule has 9 nitrogen and oxygen atoms in total. The Kier molecular flexibility index (Phi) is 6.90. The quantitative estimate of drug-likeness (QED) is 0.483. The second-order valence-electron chi connectivity index (χ2n) is 7.89. The molecule has 1 N–H and O–H groups in total. The van der Waals surface area contributed by atoms with E-state index in [2.05, 4.69) is 5.32 Å². The van der Waals surface area contributed by atoms with Crippen LogP contribution in [0, 0.1) is 6.92 Å². The molecule has 1 fully saturated rings. The number of anilines is 1. The molecule has 10 heteroatoms. The van der Waals surface area contributed by atoms with E-state index >= 15 is 0 Å². The van der Waals surface area contributed by atoms with Gasteiger partial charge in [-0.25, -0.2) is 13.2 Å². The molecular formula is C24H26N2O7S. The number of furan rings is 1. The molecule has 1 saturated heterocycles. The van der Waals surface area contributed by atoms with Crippen molar-refractivity contribution in [1.29, 1.82) is 0 Å². The molecule has 34 heavy (non-hydrogen) atoms. The van der Waals surface area contributed by atoms with Crippen LogP contribution in [0.3, 0.4) is 0 Å². The highest BCUT2D eigenvalue weighted by Crippen LogP contribution is 2.30. The number of amides is 1. The number of hydrogen-bond donors (Lipinski definition) is 1. The fourth-order valence-electron chi connectivity index (χ4n) is 3.90. The molecule has 2 heterocycles. The molecule has 0 spiro atoms. The van der Waals surface area contributed by atoms with E-state index in [1.54, 1.807) is 44.2 Å².